The summed E-state index contributed by atoms with van der Waals surface area (Å²) in [7, 11) is 0. The molecule has 2 rings (SSSR count). The summed E-state index contributed by atoms with van der Waals surface area (Å²) in [6, 6.07) is 7.83. The largest absolute Gasteiger partial charge is 0.355 e. The number of rotatable bonds is 5. The number of hydrogen-bond donors (Lipinski definition) is 2. The van der Waals surface area contributed by atoms with Gasteiger partial charge in [0.2, 0.25) is 11.8 Å². The number of fused-ring (bicyclic) bond motifs is 1. The van der Waals surface area contributed by atoms with E-state index in [-0.39, 0.29) is 11.8 Å². The second-order valence-corrected chi connectivity index (χ2v) is 5.19. The van der Waals surface area contributed by atoms with Crippen LogP contribution < -0.4 is 10.6 Å². The zero-order valence-corrected chi connectivity index (χ0v) is 11.9. The molecular weight excluding hydrogens is 274 g/mol. The zero-order valence-electron chi connectivity index (χ0n) is 11.1. The quantitative estimate of drug-likeness (QED) is 0.648. The lowest BCUT2D eigenvalue weighted by molar-refractivity contribution is -0.119. The monoisotopic (exact) mass is 289 g/mol. The summed E-state index contributed by atoms with van der Waals surface area (Å²) in [5, 5.41) is 6.08. The molecule has 0 bridgehead atoms. The van der Waals surface area contributed by atoms with Crippen molar-refractivity contribution in [1.29, 1.82) is 0 Å². The number of benzene rings is 1. The van der Waals surface area contributed by atoms with Crippen LogP contribution in [0.1, 0.15) is 11.9 Å². The Morgan fingerprint density at radius 1 is 1.25 bits per heavy atom. The van der Waals surface area contributed by atoms with E-state index in [1.165, 1.54) is 24.3 Å². The van der Waals surface area contributed by atoms with Gasteiger partial charge in [0.15, 0.2) is 0 Å². The van der Waals surface area contributed by atoms with Crippen molar-refractivity contribution in [2.75, 3.05) is 13.1 Å². The van der Waals surface area contributed by atoms with E-state index in [0.717, 1.165) is 15.2 Å². The van der Waals surface area contributed by atoms with Crippen molar-refractivity contribution in [2.45, 2.75) is 6.92 Å². The van der Waals surface area contributed by atoms with E-state index in [4.69, 9.17) is 0 Å². The molecule has 0 atom stereocenters. The van der Waals surface area contributed by atoms with Crippen LogP contribution in [0.25, 0.3) is 16.3 Å². The van der Waals surface area contributed by atoms with Gasteiger partial charge < -0.3 is 10.6 Å². The van der Waals surface area contributed by atoms with E-state index in [0.29, 0.717) is 13.1 Å². The molecule has 0 spiro atoms. The molecule has 0 unspecified atom stereocenters. The van der Waals surface area contributed by atoms with Gasteiger partial charge in [-0.25, -0.2) is 4.98 Å². The predicted molar refractivity (Wildman–Crippen MR) is 80.3 cm³/mol. The number of nitrogens with one attached hydrogen (secondary N) is 2. The van der Waals surface area contributed by atoms with Crippen LogP contribution in [0.15, 0.2) is 30.3 Å². The SMILES string of the molecule is CC(=O)NCCNC(=O)/C=C/c1nc2ccccc2s1. The molecule has 2 aromatic rings. The number of amides is 2. The van der Waals surface area contributed by atoms with Crippen LogP contribution in [-0.4, -0.2) is 29.9 Å². The summed E-state index contributed by atoms with van der Waals surface area (Å²) in [6.07, 6.45) is 3.14. The number of thiazole rings is 1. The van der Waals surface area contributed by atoms with Crippen molar-refractivity contribution in [1.82, 2.24) is 15.6 Å². The first-order chi connectivity index (χ1) is 9.65. The number of carbonyl (C=O) groups is 2. The third kappa shape index (κ3) is 4.17. The summed E-state index contributed by atoms with van der Waals surface area (Å²) in [6.45, 7) is 2.27. The van der Waals surface area contributed by atoms with Crippen LogP contribution in [0.5, 0.6) is 0 Å². The summed E-state index contributed by atoms with van der Waals surface area (Å²) >= 11 is 1.54. The van der Waals surface area contributed by atoms with E-state index in [1.807, 2.05) is 24.3 Å². The fourth-order valence-corrected chi connectivity index (χ4v) is 2.46. The third-order valence-corrected chi connectivity index (χ3v) is 3.49. The van der Waals surface area contributed by atoms with E-state index < -0.39 is 0 Å². The molecule has 0 aliphatic carbocycles. The highest BCUT2D eigenvalue weighted by Crippen LogP contribution is 2.22. The molecule has 104 valence electrons. The van der Waals surface area contributed by atoms with E-state index in [1.54, 1.807) is 6.08 Å². The number of hydrogen-bond acceptors (Lipinski definition) is 4. The van der Waals surface area contributed by atoms with Crippen molar-refractivity contribution >= 4 is 39.4 Å². The van der Waals surface area contributed by atoms with Crippen molar-refractivity contribution in [3.05, 3.63) is 35.3 Å². The van der Waals surface area contributed by atoms with E-state index in [2.05, 4.69) is 15.6 Å². The average Bonchev–Trinajstić information content (AvgIpc) is 2.84. The van der Waals surface area contributed by atoms with Gasteiger partial charge in [-0.3, -0.25) is 9.59 Å². The zero-order chi connectivity index (χ0) is 14.4. The minimum Gasteiger partial charge on any atom is -0.355 e. The first-order valence-electron chi connectivity index (χ1n) is 6.21. The molecule has 1 heterocycles. The second kappa shape index (κ2) is 6.81. The molecular formula is C14H15N3O2S. The maximum absolute atomic E-state index is 11.5. The Hall–Kier alpha value is -2.21. The van der Waals surface area contributed by atoms with Crippen molar-refractivity contribution in [3.8, 4) is 0 Å². The lowest BCUT2D eigenvalue weighted by atomic mass is 10.3. The summed E-state index contributed by atoms with van der Waals surface area (Å²) in [4.78, 5) is 26.6. The van der Waals surface area contributed by atoms with Gasteiger partial charge in [-0.05, 0) is 18.2 Å². The number of carbonyl (C=O) groups excluding carboxylic acids is 2. The van der Waals surface area contributed by atoms with Gasteiger partial charge in [0.25, 0.3) is 0 Å². The summed E-state index contributed by atoms with van der Waals surface area (Å²) in [5.41, 5.74) is 0.934. The lowest BCUT2D eigenvalue weighted by Crippen LogP contribution is -2.32. The van der Waals surface area contributed by atoms with Gasteiger partial charge in [0.05, 0.1) is 10.2 Å². The Balaban J connectivity index is 1.85. The lowest BCUT2D eigenvalue weighted by Gasteiger charge is -2.02. The van der Waals surface area contributed by atoms with Crippen LogP contribution in [0.3, 0.4) is 0 Å². The molecule has 2 amide bonds. The minimum absolute atomic E-state index is 0.107. The van der Waals surface area contributed by atoms with Gasteiger partial charge in [-0.2, -0.15) is 0 Å². The van der Waals surface area contributed by atoms with Crippen LogP contribution in [0.2, 0.25) is 0 Å². The van der Waals surface area contributed by atoms with Gasteiger partial charge in [0.1, 0.15) is 5.01 Å². The molecule has 5 nitrogen and oxygen atoms in total. The molecule has 0 saturated carbocycles. The van der Waals surface area contributed by atoms with Crippen molar-refractivity contribution in [3.63, 3.8) is 0 Å². The first kappa shape index (κ1) is 14.2. The molecule has 0 aliphatic rings. The van der Waals surface area contributed by atoms with Crippen molar-refractivity contribution < 1.29 is 9.59 Å². The van der Waals surface area contributed by atoms with Crippen molar-refractivity contribution in [2.24, 2.45) is 0 Å². The van der Waals surface area contributed by atoms with Gasteiger partial charge >= 0.3 is 0 Å². The number of nitrogens with zero attached hydrogens (tertiary/aromatic N) is 1. The Morgan fingerprint density at radius 3 is 2.75 bits per heavy atom. The smallest absolute Gasteiger partial charge is 0.244 e. The van der Waals surface area contributed by atoms with Gasteiger partial charge in [0, 0.05) is 26.1 Å². The molecule has 0 fully saturated rings. The predicted octanol–water partition coefficient (Wildman–Crippen LogP) is 1.56. The number of para-hydroxylation sites is 1. The van der Waals surface area contributed by atoms with Crippen LogP contribution in [0.4, 0.5) is 0 Å². The topological polar surface area (TPSA) is 71.1 Å². The average molecular weight is 289 g/mol. The fourth-order valence-electron chi connectivity index (χ4n) is 1.59. The molecule has 0 saturated heterocycles. The Labute approximate surface area is 120 Å². The van der Waals surface area contributed by atoms with Gasteiger partial charge in [-0.15, -0.1) is 11.3 Å². The molecule has 20 heavy (non-hydrogen) atoms. The van der Waals surface area contributed by atoms with Crippen LogP contribution in [0, 0.1) is 0 Å². The Morgan fingerprint density at radius 2 is 2.00 bits per heavy atom. The molecule has 2 N–H and O–H groups in total. The Kier molecular flexibility index (Phi) is 4.84. The first-order valence-corrected chi connectivity index (χ1v) is 7.03. The molecule has 6 heteroatoms. The number of aromatic nitrogens is 1. The summed E-state index contributed by atoms with van der Waals surface area (Å²) in [5.74, 6) is -0.307. The molecule has 1 aromatic heterocycles. The highest BCUT2D eigenvalue weighted by Gasteiger charge is 2.00. The normalized spacial score (nSPS) is 10.8. The van der Waals surface area contributed by atoms with Crippen LogP contribution in [-0.2, 0) is 9.59 Å². The molecule has 0 radical (unpaired) electrons. The minimum atomic E-state index is -0.199. The van der Waals surface area contributed by atoms with Gasteiger partial charge in [-0.1, -0.05) is 12.1 Å². The molecule has 1 aromatic carbocycles. The second-order valence-electron chi connectivity index (χ2n) is 4.13. The highest BCUT2D eigenvalue weighted by molar-refractivity contribution is 7.19. The summed E-state index contributed by atoms with van der Waals surface area (Å²) < 4.78 is 1.10. The van der Waals surface area contributed by atoms with E-state index in [9.17, 15) is 9.59 Å². The molecule has 0 aliphatic heterocycles. The standard InChI is InChI=1S/C14H15N3O2S/c1-10(18)15-8-9-16-13(19)6-7-14-17-11-4-2-3-5-12(11)20-14/h2-7H,8-9H2,1H3,(H,15,18)(H,16,19)/b7-6+. The maximum atomic E-state index is 11.5. The Bertz CT molecular complexity index is 616. The fraction of sp³-hybridized carbons (Fsp3) is 0.214. The van der Waals surface area contributed by atoms with Crippen LogP contribution >= 0.6 is 11.3 Å². The maximum Gasteiger partial charge on any atom is 0.244 e. The van der Waals surface area contributed by atoms with E-state index >= 15 is 0 Å². The highest BCUT2D eigenvalue weighted by atomic mass is 32.1. The third-order valence-electron chi connectivity index (χ3n) is 2.49.